The maximum absolute atomic E-state index is 11.4. The molecule has 0 bridgehead atoms. The Hall–Kier alpha value is -2.47. The van der Waals surface area contributed by atoms with Crippen LogP contribution in [-0.2, 0) is 37.0 Å². The third kappa shape index (κ3) is 5.76. The Morgan fingerprint density at radius 3 is 2.14 bits per heavy atom. The molecule has 0 aliphatic carbocycles. The number of carbonyl (C=O) groups excluding carboxylic acids is 1. The highest BCUT2D eigenvalue weighted by Crippen LogP contribution is 2.28. The first-order valence-corrected chi connectivity index (χ1v) is 9.42. The van der Waals surface area contributed by atoms with Gasteiger partial charge in [-0.05, 0) is 11.1 Å². The third-order valence-electron chi connectivity index (χ3n) is 4.55. The van der Waals surface area contributed by atoms with Crippen LogP contribution in [0.2, 0.25) is 0 Å². The first-order chi connectivity index (χ1) is 13.7. The molecular formula is C23H26O5. The van der Waals surface area contributed by atoms with Crippen LogP contribution in [0.3, 0.4) is 0 Å². The standard InChI is InChI=1S/C23H26O5/c1-3-20-23(26-16-19-12-8-5-9-13-19)21(14-22(28-20)27-17(2)24)25-15-18-10-6-4-7-11-18/h3-13,20-23H,1,14-16H2,2H3/t20-,21-,22+,23+/m1/s1. The maximum Gasteiger partial charge on any atom is 0.304 e. The fraction of sp³-hybridized carbons (Fsp3) is 0.348. The number of benzene rings is 2. The topological polar surface area (TPSA) is 54.0 Å². The predicted octanol–water partition coefficient (Wildman–Crippen LogP) is 4.02. The van der Waals surface area contributed by atoms with Gasteiger partial charge in [-0.2, -0.15) is 0 Å². The van der Waals surface area contributed by atoms with Crippen molar-refractivity contribution in [2.24, 2.45) is 0 Å². The highest BCUT2D eigenvalue weighted by Gasteiger charge is 2.40. The highest BCUT2D eigenvalue weighted by atomic mass is 16.7. The van der Waals surface area contributed by atoms with Crippen molar-refractivity contribution in [2.45, 2.75) is 51.2 Å². The summed E-state index contributed by atoms with van der Waals surface area (Å²) in [5.41, 5.74) is 2.13. The monoisotopic (exact) mass is 382 g/mol. The van der Waals surface area contributed by atoms with Crippen molar-refractivity contribution >= 4 is 5.97 Å². The lowest BCUT2D eigenvalue weighted by Gasteiger charge is -2.39. The van der Waals surface area contributed by atoms with Crippen molar-refractivity contribution in [3.8, 4) is 0 Å². The molecule has 2 aromatic carbocycles. The minimum atomic E-state index is -0.683. The van der Waals surface area contributed by atoms with Gasteiger partial charge in [0.05, 0.1) is 19.3 Å². The molecule has 4 atom stereocenters. The van der Waals surface area contributed by atoms with Gasteiger partial charge < -0.3 is 18.9 Å². The average molecular weight is 382 g/mol. The van der Waals surface area contributed by atoms with E-state index < -0.39 is 18.4 Å². The first kappa shape index (κ1) is 20.3. The Morgan fingerprint density at radius 1 is 1.04 bits per heavy atom. The molecule has 3 rings (SSSR count). The van der Waals surface area contributed by atoms with Crippen LogP contribution in [0.4, 0.5) is 0 Å². The van der Waals surface area contributed by atoms with Crippen molar-refractivity contribution in [1.82, 2.24) is 0 Å². The fourth-order valence-corrected chi connectivity index (χ4v) is 3.20. The van der Waals surface area contributed by atoms with E-state index in [2.05, 4.69) is 6.58 Å². The summed E-state index contributed by atoms with van der Waals surface area (Å²) in [6, 6.07) is 19.9. The summed E-state index contributed by atoms with van der Waals surface area (Å²) in [6.07, 6.45) is 0.291. The van der Waals surface area contributed by atoms with E-state index in [-0.39, 0.29) is 12.2 Å². The molecule has 0 amide bonds. The summed E-state index contributed by atoms with van der Waals surface area (Å²) < 4.78 is 23.5. The van der Waals surface area contributed by atoms with Crippen LogP contribution in [0.5, 0.6) is 0 Å². The van der Waals surface area contributed by atoms with E-state index in [1.165, 1.54) is 6.92 Å². The van der Waals surface area contributed by atoms with Crippen LogP contribution >= 0.6 is 0 Å². The molecular weight excluding hydrogens is 356 g/mol. The zero-order valence-electron chi connectivity index (χ0n) is 16.0. The maximum atomic E-state index is 11.4. The lowest BCUT2D eigenvalue weighted by Crippen LogP contribution is -2.50. The van der Waals surface area contributed by atoms with E-state index in [4.69, 9.17) is 18.9 Å². The molecule has 2 aromatic rings. The Labute approximate surface area is 165 Å². The van der Waals surface area contributed by atoms with E-state index in [0.717, 1.165) is 11.1 Å². The molecule has 28 heavy (non-hydrogen) atoms. The lowest BCUT2D eigenvalue weighted by molar-refractivity contribution is -0.252. The normalized spacial score (nSPS) is 24.5. The number of esters is 1. The Bertz CT molecular complexity index is 746. The Balaban J connectivity index is 1.71. The minimum absolute atomic E-state index is 0.301. The summed E-state index contributed by atoms with van der Waals surface area (Å²) in [7, 11) is 0. The van der Waals surface area contributed by atoms with Crippen molar-refractivity contribution in [1.29, 1.82) is 0 Å². The quantitative estimate of drug-likeness (QED) is 0.510. The van der Waals surface area contributed by atoms with E-state index in [9.17, 15) is 4.79 Å². The SMILES string of the molecule is C=C[C@H]1O[C@H](OC(C)=O)C[C@@H](OCc2ccccc2)[C@H]1OCc1ccccc1. The van der Waals surface area contributed by atoms with Crippen LogP contribution in [0, 0.1) is 0 Å². The Morgan fingerprint density at radius 2 is 1.61 bits per heavy atom. The van der Waals surface area contributed by atoms with Gasteiger partial charge in [-0.15, -0.1) is 6.58 Å². The predicted molar refractivity (Wildman–Crippen MR) is 105 cm³/mol. The second-order valence-electron chi connectivity index (χ2n) is 6.71. The smallest absolute Gasteiger partial charge is 0.304 e. The zero-order chi connectivity index (χ0) is 19.8. The number of hydrogen-bond acceptors (Lipinski definition) is 5. The van der Waals surface area contributed by atoms with Gasteiger partial charge in [0.2, 0.25) is 6.29 Å². The second-order valence-corrected chi connectivity index (χ2v) is 6.71. The molecule has 0 spiro atoms. The molecule has 1 aliphatic heterocycles. The molecule has 1 heterocycles. The van der Waals surface area contributed by atoms with Crippen molar-refractivity contribution < 1.29 is 23.7 Å². The number of rotatable bonds is 8. The summed E-state index contributed by atoms with van der Waals surface area (Å²) in [5, 5.41) is 0. The van der Waals surface area contributed by atoms with Gasteiger partial charge >= 0.3 is 5.97 Å². The lowest BCUT2D eigenvalue weighted by atomic mass is 10.0. The molecule has 5 heteroatoms. The van der Waals surface area contributed by atoms with Gasteiger partial charge in [-0.3, -0.25) is 4.79 Å². The third-order valence-corrected chi connectivity index (χ3v) is 4.55. The molecule has 0 N–H and O–H groups in total. The van der Waals surface area contributed by atoms with E-state index in [1.54, 1.807) is 6.08 Å². The molecule has 0 unspecified atom stereocenters. The van der Waals surface area contributed by atoms with E-state index in [0.29, 0.717) is 19.6 Å². The Kier molecular flexibility index (Phi) is 7.37. The zero-order valence-corrected chi connectivity index (χ0v) is 16.0. The number of carbonyl (C=O) groups is 1. The minimum Gasteiger partial charge on any atom is -0.436 e. The molecule has 1 saturated heterocycles. The van der Waals surface area contributed by atoms with E-state index >= 15 is 0 Å². The van der Waals surface area contributed by atoms with Gasteiger partial charge in [0.1, 0.15) is 12.2 Å². The second kappa shape index (κ2) is 10.2. The molecule has 0 radical (unpaired) electrons. The molecule has 1 aliphatic rings. The van der Waals surface area contributed by atoms with Crippen LogP contribution < -0.4 is 0 Å². The summed E-state index contributed by atoms with van der Waals surface area (Å²) in [4.78, 5) is 11.4. The average Bonchev–Trinajstić information content (AvgIpc) is 2.72. The van der Waals surface area contributed by atoms with Gasteiger partial charge in [0, 0.05) is 13.3 Å². The van der Waals surface area contributed by atoms with Crippen LogP contribution in [0.25, 0.3) is 0 Å². The molecule has 1 fully saturated rings. The fourth-order valence-electron chi connectivity index (χ4n) is 3.20. The van der Waals surface area contributed by atoms with Gasteiger partial charge in [0.15, 0.2) is 0 Å². The van der Waals surface area contributed by atoms with Crippen LogP contribution in [-0.4, -0.2) is 30.6 Å². The molecule has 0 saturated carbocycles. The number of hydrogen-bond donors (Lipinski definition) is 0. The first-order valence-electron chi connectivity index (χ1n) is 9.42. The largest absolute Gasteiger partial charge is 0.436 e. The van der Waals surface area contributed by atoms with Crippen molar-refractivity contribution in [3.63, 3.8) is 0 Å². The molecule has 5 nitrogen and oxygen atoms in total. The molecule has 148 valence electrons. The van der Waals surface area contributed by atoms with Crippen LogP contribution in [0.15, 0.2) is 73.3 Å². The van der Waals surface area contributed by atoms with E-state index in [1.807, 2.05) is 60.7 Å². The summed E-state index contributed by atoms with van der Waals surface area (Å²) >= 11 is 0. The van der Waals surface area contributed by atoms with Crippen molar-refractivity contribution in [2.75, 3.05) is 0 Å². The van der Waals surface area contributed by atoms with Crippen molar-refractivity contribution in [3.05, 3.63) is 84.4 Å². The molecule has 0 aromatic heterocycles. The summed E-state index contributed by atoms with van der Waals surface area (Å²) in [6.45, 7) is 6.09. The van der Waals surface area contributed by atoms with Gasteiger partial charge in [-0.25, -0.2) is 0 Å². The van der Waals surface area contributed by atoms with Gasteiger partial charge in [-0.1, -0.05) is 66.7 Å². The number of ether oxygens (including phenoxy) is 4. The summed E-state index contributed by atoms with van der Waals surface area (Å²) in [5.74, 6) is -0.390. The van der Waals surface area contributed by atoms with Gasteiger partial charge in [0.25, 0.3) is 0 Å². The highest BCUT2D eigenvalue weighted by molar-refractivity contribution is 5.66. The van der Waals surface area contributed by atoms with Crippen LogP contribution in [0.1, 0.15) is 24.5 Å².